The minimum atomic E-state index is 0.137. The third-order valence-electron chi connectivity index (χ3n) is 6.02. The minimum Gasteiger partial charge on any atom is -0.198 e. The van der Waals surface area contributed by atoms with Crippen molar-refractivity contribution >= 4 is 0 Å². The second-order valence-electron chi connectivity index (χ2n) is 5.24. The Hall–Kier alpha value is -1.02. The lowest BCUT2D eigenvalue weighted by Crippen LogP contribution is -3.09. The van der Waals surface area contributed by atoms with Crippen LogP contribution >= 0.6 is 0 Å². The molecule has 0 heterocycles. The number of hydrogen-bond acceptors (Lipinski definition) is 2. The quantitative estimate of drug-likeness (QED) is 0.517. The number of hydrogen-bond donors (Lipinski definition) is 0. The van der Waals surface area contributed by atoms with Gasteiger partial charge < -0.3 is 0 Å². The lowest BCUT2D eigenvalue weighted by Gasteiger charge is -3.08. The Morgan fingerprint density at radius 2 is 0.917 bits per heavy atom. The van der Waals surface area contributed by atoms with Gasteiger partial charge in [0.1, 0.15) is 0 Å². The molecule has 6 saturated carbocycles. The summed E-state index contributed by atoms with van der Waals surface area (Å²) in [5.41, 5.74) is 0.275. The van der Waals surface area contributed by atoms with Crippen molar-refractivity contribution < 1.29 is 0 Å². The summed E-state index contributed by atoms with van der Waals surface area (Å²) in [6, 6.07) is 5.05. The Morgan fingerprint density at radius 3 is 1.08 bits per heavy atom. The molecule has 0 bridgehead atoms. The first-order valence-corrected chi connectivity index (χ1v) is 4.68. The first-order valence-electron chi connectivity index (χ1n) is 4.68. The van der Waals surface area contributed by atoms with E-state index >= 15 is 0 Å². The Labute approximate surface area is 69.8 Å². The molecular weight excluding hydrogens is 148 g/mol. The first-order chi connectivity index (χ1) is 5.85. The van der Waals surface area contributed by atoms with Crippen molar-refractivity contribution in [3.8, 4) is 12.1 Å². The molecule has 6 rings (SSSR count). The highest BCUT2D eigenvalue weighted by atomic mass is 15.1. The van der Waals surface area contributed by atoms with Crippen LogP contribution in [-0.4, -0.2) is 0 Å². The molecular formula is C10H6N2. The van der Waals surface area contributed by atoms with Gasteiger partial charge in [0.2, 0.25) is 0 Å². The molecule has 6 fully saturated rings. The van der Waals surface area contributed by atoms with Crippen molar-refractivity contribution in [3.05, 3.63) is 0 Å². The van der Waals surface area contributed by atoms with Crippen molar-refractivity contribution in [2.24, 2.45) is 46.3 Å². The van der Waals surface area contributed by atoms with Crippen LogP contribution in [0.4, 0.5) is 0 Å². The molecule has 0 aromatic carbocycles. The van der Waals surface area contributed by atoms with Gasteiger partial charge in [-0.3, -0.25) is 0 Å². The Bertz CT molecular complexity index is 340. The molecule has 0 aromatic rings. The third kappa shape index (κ3) is 0.135. The molecule has 0 spiro atoms. The van der Waals surface area contributed by atoms with Crippen molar-refractivity contribution in [3.63, 3.8) is 0 Å². The van der Waals surface area contributed by atoms with Gasteiger partial charge in [-0.05, 0) is 35.5 Å². The average Bonchev–Trinajstić information content (AvgIpc) is 2.17. The predicted molar refractivity (Wildman–Crippen MR) is 37.0 cm³/mol. The summed E-state index contributed by atoms with van der Waals surface area (Å²) in [4.78, 5) is 0. The van der Waals surface area contributed by atoms with E-state index in [1.54, 1.807) is 0 Å². The van der Waals surface area contributed by atoms with E-state index in [2.05, 4.69) is 12.1 Å². The molecule has 0 unspecified atom stereocenters. The fraction of sp³-hybridized carbons (Fsp3) is 0.800. The molecule has 0 radical (unpaired) electrons. The summed E-state index contributed by atoms with van der Waals surface area (Å²) in [6.07, 6.45) is 0. The van der Waals surface area contributed by atoms with Crippen LogP contribution in [-0.2, 0) is 0 Å². The third-order valence-corrected chi connectivity index (χ3v) is 6.02. The SMILES string of the molecule is N#C[C@]12C3[C@@H]4[C@H]1C1[C@H]2[C@H]3[C@@]14C#N. The van der Waals surface area contributed by atoms with E-state index in [-0.39, 0.29) is 10.8 Å². The molecule has 12 heavy (non-hydrogen) atoms. The summed E-state index contributed by atoms with van der Waals surface area (Å²) in [6.45, 7) is 0. The normalized spacial score (nSPS) is 86.8. The van der Waals surface area contributed by atoms with Crippen LogP contribution < -0.4 is 0 Å². The molecule has 2 heteroatoms. The van der Waals surface area contributed by atoms with E-state index in [1.165, 1.54) is 0 Å². The van der Waals surface area contributed by atoms with Gasteiger partial charge in [0.25, 0.3) is 0 Å². The zero-order valence-corrected chi connectivity index (χ0v) is 6.36. The van der Waals surface area contributed by atoms with Gasteiger partial charge in [0.15, 0.2) is 0 Å². The summed E-state index contributed by atoms with van der Waals surface area (Å²) in [5, 5.41) is 18.1. The zero-order valence-electron chi connectivity index (χ0n) is 6.36. The van der Waals surface area contributed by atoms with Gasteiger partial charge in [-0.2, -0.15) is 10.5 Å². The maximum absolute atomic E-state index is 9.04. The van der Waals surface area contributed by atoms with Gasteiger partial charge in [-0.1, -0.05) is 0 Å². The summed E-state index contributed by atoms with van der Waals surface area (Å²) < 4.78 is 0. The van der Waals surface area contributed by atoms with Crippen molar-refractivity contribution in [2.75, 3.05) is 0 Å². The second-order valence-corrected chi connectivity index (χ2v) is 5.24. The maximum atomic E-state index is 9.04. The highest BCUT2D eigenvalue weighted by molar-refractivity contribution is 5.61. The maximum Gasteiger partial charge on any atom is 0.0699 e. The average molecular weight is 154 g/mol. The predicted octanol–water partition coefficient (Wildman–Crippen LogP) is 0.772. The molecule has 2 nitrogen and oxygen atoms in total. The van der Waals surface area contributed by atoms with E-state index in [4.69, 9.17) is 10.5 Å². The summed E-state index contributed by atoms with van der Waals surface area (Å²) >= 11 is 0. The molecule has 6 aliphatic rings. The van der Waals surface area contributed by atoms with Crippen molar-refractivity contribution in [1.29, 1.82) is 10.5 Å². The Kier molecular flexibility index (Phi) is 0.341. The minimum absolute atomic E-state index is 0.137. The number of nitriles is 2. The number of rotatable bonds is 0. The van der Waals surface area contributed by atoms with Crippen LogP contribution in [0.25, 0.3) is 0 Å². The highest BCUT2D eigenvalue weighted by Gasteiger charge is 3.11. The smallest absolute Gasteiger partial charge is 0.0699 e. The van der Waals surface area contributed by atoms with E-state index in [0.717, 1.165) is 0 Å². The molecule has 0 aromatic heterocycles. The van der Waals surface area contributed by atoms with E-state index < -0.39 is 0 Å². The van der Waals surface area contributed by atoms with Crippen LogP contribution in [0.1, 0.15) is 0 Å². The monoisotopic (exact) mass is 154 g/mol. The van der Waals surface area contributed by atoms with Gasteiger partial charge in [0, 0.05) is 0 Å². The molecule has 6 aliphatic carbocycles. The van der Waals surface area contributed by atoms with Gasteiger partial charge >= 0.3 is 0 Å². The van der Waals surface area contributed by atoms with Crippen LogP contribution in [0.3, 0.4) is 0 Å². The summed E-state index contributed by atoms with van der Waals surface area (Å²) in [5.74, 6) is 4.10. The standard InChI is InChI=1S/C10H6N2/c11-1-9-3-6-4(9)8-5(9)7(3)10(6,8)2-12/h3-8H/t3-,4+,5?,6?,7+,8-,9+,10+. The largest absolute Gasteiger partial charge is 0.198 e. The van der Waals surface area contributed by atoms with Crippen molar-refractivity contribution in [1.82, 2.24) is 0 Å². The summed E-state index contributed by atoms with van der Waals surface area (Å²) in [7, 11) is 0. The Balaban J connectivity index is 1.78. The van der Waals surface area contributed by atoms with Gasteiger partial charge in [-0.25, -0.2) is 0 Å². The highest BCUT2D eigenvalue weighted by Crippen LogP contribution is 3.09. The lowest BCUT2D eigenvalue weighted by molar-refractivity contribution is -0.625. The number of nitrogens with zero attached hydrogens (tertiary/aromatic N) is 2. The molecule has 0 amide bonds. The molecule has 0 saturated heterocycles. The molecule has 56 valence electrons. The Morgan fingerprint density at radius 1 is 0.667 bits per heavy atom. The lowest BCUT2D eigenvalue weighted by atomic mass is 8.93. The van der Waals surface area contributed by atoms with Gasteiger partial charge in [-0.15, -0.1) is 0 Å². The topological polar surface area (TPSA) is 47.6 Å². The second kappa shape index (κ2) is 0.839. The van der Waals surface area contributed by atoms with Gasteiger partial charge in [0.05, 0.1) is 23.0 Å². The van der Waals surface area contributed by atoms with Crippen LogP contribution in [0.2, 0.25) is 0 Å². The van der Waals surface area contributed by atoms with E-state index in [1.807, 2.05) is 0 Å². The van der Waals surface area contributed by atoms with Crippen LogP contribution in [0.5, 0.6) is 0 Å². The fourth-order valence-electron chi connectivity index (χ4n) is 5.97. The van der Waals surface area contributed by atoms with Crippen LogP contribution in [0, 0.1) is 69.0 Å². The van der Waals surface area contributed by atoms with E-state index in [0.29, 0.717) is 35.5 Å². The molecule has 0 aliphatic heterocycles. The molecule has 0 N–H and O–H groups in total. The fourth-order valence-corrected chi connectivity index (χ4v) is 5.97. The molecule has 0 atom stereocenters. The van der Waals surface area contributed by atoms with Crippen LogP contribution in [0.15, 0.2) is 0 Å². The zero-order chi connectivity index (χ0) is 7.88. The first kappa shape index (κ1) is 4.87. The van der Waals surface area contributed by atoms with E-state index in [9.17, 15) is 0 Å². The van der Waals surface area contributed by atoms with Crippen molar-refractivity contribution in [2.45, 2.75) is 0 Å².